The molecule has 27 heavy (non-hydrogen) atoms. The molecule has 0 unspecified atom stereocenters. The lowest BCUT2D eigenvalue weighted by Crippen LogP contribution is -2.40. The van der Waals surface area contributed by atoms with E-state index in [4.69, 9.17) is 5.11 Å². The van der Waals surface area contributed by atoms with Gasteiger partial charge in [0.2, 0.25) is 5.91 Å². The highest BCUT2D eigenvalue weighted by Crippen LogP contribution is 2.29. The van der Waals surface area contributed by atoms with Crippen molar-refractivity contribution in [3.63, 3.8) is 0 Å². The SMILES string of the molecule is O=C(O)c1cnn(C2CCN(C(=O)Cc3ccc(C(F)(F)F)cc3)CC2)c1. The van der Waals surface area contributed by atoms with Crippen LogP contribution in [0.15, 0.2) is 36.7 Å². The summed E-state index contributed by atoms with van der Waals surface area (Å²) >= 11 is 0. The molecule has 1 aliphatic heterocycles. The van der Waals surface area contributed by atoms with Crippen molar-refractivity contribution in [1.29, 1.82) is 0 Å². The predicted octanol–water partition coefficient (Wildman–Crippen LogP) is 3.01. The van der Waals surface area contributed by atoms with Gasteiger partial charge in [0.15, 0.2) is 0 Å². The Bertz CT molecular complexity index is 822. The quantitative estimate of drug-likeness (QED) is 0.884. The maximum atomic E-state index is 12.6. The number of alkyl halides is 3. The van der Waals surface area contributed by atoms with E-state index >= 15 is 0 Å². The Hall–Kier alpha value is -2.84. The highest BCUT2D eigenvalue weighted by Gasteiger charge is 2.30. The Balaban J connectivity index is 1.54. The molecule has 0 atom stereocenters. The van der Waals surface area contributed by atoms with E-state index in [1.165, 1.54) is 24.5 Å². The molecule has 144 valence electrons. The average molecular weight is 381 g/mol. The van der Waals surface area contributed by atoms with E-state index in [1.54, 1.807) is 9.58 Å². The third kappa shape index (κ3) is 4.47. The van der Waals surface area contributed by atoms with Crippen LogP contribution in [0.4, 0.5) is 13.2 Å². The van der Waals surface area contributed by atoms with Crippen molar-refractivity contribution in [3.05, 3.63) is 53.3 Å². The van der Waals surface area contributed by atoms with E-state index in [1.807, 2.05) is 0 Å². The van der Waals surface area contributed by atoms with E-state index < -0.39 is 17.7 Å². The molecule has 1 fully saturated rings. The van der Waals surface area contributed by atoms with Gasteiger partial charge in [-0.25, -0.2) is 4.79 Å². The second-order valence-corrected chi connectivity index (χ2v) is 6.50. The van der Waals surface area contributed by atoms with Gasteiger partial charge in [0.25, 0.3) is 0 Å². The number of nitrogens with zero attached hydrogens (tertiary/aromatic N) is 3. The van der Waals surface area contributed by atoms with Gasteiger partial charge < -0.3 is 10.0 Å². The molecule has 6 nitrogen and oxygen atoms in total. The number of aromatic carboxylic acids is 1. The van der Waals surface area contributed by atoms with Crippen LogP contribution in [0.5, 0.6) is 0 Å². The molecule has 0 aliphatic carbocycles. The molecule has 0 bridgehead atoms. The number of piperidine rings is 1. The number of likely N-dealkylation sites (tertiary alicyclic amines) is 1. The van der Waals surface area contributed by atoms with Crippen molar-refractivity contribution in [2.75, 3.05) is 13.1 Å². The number of carboxylic acid groups (broad SMARTS) is 1. The zero-order valence-corrected chi connectivity index (χ0v) is 14.3. The van der Waals surface area contributed by atoms with Crippen LogP contribution in [0.2, 0.25) is 0 Å². The summed E-state index contributed by atoms with van der Waals surface area (Å²) in [7, 11) is 0. The minimum Gasteiger partial charge on any atom is -0.478 e. The van der Waals surface area contributed by atoms with Crippen molar-refractivity contribution in [1.82, 2.24) is 14.7 Å². The predicted molar refractivity (Wildman–Crippen MR) is 89.2 cm³/mol. The van der Waals surface area contributed by atoms with Crippen LogP contribution in [0.1, 0.15) is 40.4 Å². The summed E-state index contributed by atoms with van der Waals surface area (Å²) in [5, 5.41) is 13.0. The standard InChI is InChI=1S/C18H18F3N3O3/c19-18(20,21)14-3-1-12(2-4-14)9-16(25)23-7-5-15(6-8-23)24-11-13(10-22-24)17(26)27/h1-4,10-11,15H,5-9H2,(H,26,27). The number of rotatable bonds is 4. The minimum atomic E-state index is -4.39. The van der Waals surface area contributed by atoms with Gasteiger partial charge in [-0.05, 0) is 30.5 Å². The zero-order chi connectivity index (χ0) is 19.6. The number of carbonyl (C=O) groups excluding carboxylic acids is 1. The first-order valence-electron chi connectivity index (χ1n) is 8.45. The monoisotopic (exact) mass is 381 g/mol. The van der Waals surface area contributed by atoms with Crippen LogP contribution in [0, 0.1) is 0 Å². The molecule has 1 amide bonds. The molecular weight excluding hydrogens is 363 g/mol. The fourth-order valence-electron chi connectivity index (χ4n) is 3.13. The van der Waals surface area contributed by atoms with Crippen LogP contribution in [-0.4, -0.2) is 44.8 Å². The first-order valence-corrected chi connectivity index (χ1v) is 8.45. The molecule has 1 aromatic heterocycles. The van der Waals surface area contributed by atoms with Gasteiger partial charge in [0, 0.05) is 19.3 Å². The summed E-state index contributed by atoms with van der Waals surface area (Å²) in [6, 6.07) is 4.63. The third-order valence-corrected chi connectivity index (χ3v) is 4.68. The Morgan fingerprint density at radius 3 is 2.30 bits per heavy atom. The Morgan fingerprint density at radius 1 is 1.15 bits per heavy atom. The normalized spacial score (nSPS) is 15.7. The minimum absolute atomic E-state index is 0.0215. The summed E-state index contributed by atoms with van der Waals surface area (Å²) < 4.78 is 39.4. The van der Waals surface area contributed by atoms with Gasteiger partial charge in [0.1, 0.15) is 0 Å². The highest BCUT2D eigenvalue weighted by molar-refractivity contribution is 5.86. The summed E-state index contributed by atoms with van der Waals surface area (Å²) in [6.45, 7) is 0.985. The molecule has 2 heterocycles. The van der Waals surface area contributed by atoms with Gasteiger partial charge in [-0.3, -0.25) is 9.48 Å². The second kappa shape index (κ2) is 7.42. The topological polar surface area (TPSA) is 75.4 Å². The van der Waals surface area contributed by atoms with E-state index in [2.05, 4.69) is 5.10 Å². The lowest BCUT2D eigenvalue weighted by atomic mass is 10.0. The van der Waals surface area contributed by atoms with E-state index in [-0.39, 0.29) is 23.9 Å². The molecule has 0 radical (unpaired) electrons. The van der Waals surface area contributed by atoms with Crippen molar-refractivity contribution >= 4 is 11.9 Å². The van der Waals surface area contributed by atoms with Crippen LogP contribution in [-0.2, 0) is 17.4 Å². The van der Waals surface area contributed by atoms with Crippen molar-refractivity contribution < 1.29 is 27.9 Å². The van der Waals surface area contributed by atoms with Crippen LogP contribution >= 0.6 is 0 Å². The number of amides is 1. The summed E-state index contributed by atoms with van der Waals surface area (Å²) in [6.07, 6.45) is -0.290. The van der Waals surface area contributed by atoms with E-state index in [9.17, 15) is 22.8 Å². The summed E-state index contributed by atoms with van der Waals surface area (Å²) in [4.78, 5) is 25.0. The fourth-order valence-corrected chi connectivity index (χ4v) is 3.13. The molecule has 0 spiro atoms. The first kappa shape index (κ1) is 18.9. The number of carboxylic acids is 1. The van der Waals surface area contributed by atoms with Crippen LogP contribution in [0.25, 0.3) is 0 Å². The molecule has 2 aromatic rings. The molecule has 3 rings (SSSR count). The number of hydrogen-bond donors (Lipinski definition) is 1. The Kier molecular flexibility index (Phi) is 5.20. The summed E-state index contributed by atoms with van der Waals surface area (Å²) in [5.41, 5.74) is -0.0800. The molecular formula is C18H18F3N3O3. The zero-order valence-electron chi connectivity index (χ0n) is 14.3. The van der Waals surface area contributed by atoms with Gasteiger partial charge in [-0.1, -0.05) is 12.1 Å². The van der Waals surface area contributed by atoms with Crippen molar-refractivity contribution in [2.45, 2.75) is 31.5 Å². The molecule has 1 aliphatic rings. The number of carbonyl (C=O) groups is 2. The van der Waals surface area contributed by atoms with Crippen LogP contribution < -0.4 is 0 Å². The maximum absolute atomic E-state index is 12.6. The number of halogens is 3. The van der Waals surface area contributed by atoms with Crippen LogP contribution in [0.3, 0.4) is 0 Å². The number of benzene rings is 1. The molecule has 1 saturated heterocycles. The number of aromatic nitrogens is 2. The average Bonchev–Trinajstić information content (AvgIpc) is 3.12. The maximum Gasteiger partial charge on any atom is 0.416 e. The lowest BCUT2D eigenvalue weighted by molar-refractivity contribution is -0.137. The van der Waals surface area contributed by atoms with Gasteiger partial charge >= 0.3 is 12.1 Å². The molecule has 1 N–H and O–H groups in total. The second-order valence-electron chi connectivity index (χ2n) is 6.50. The fraction of sp³-hybridized carbons (Fsp3) is 0.389. The number of hydrogen-bond acceptors (Lipinski definition) is 3. The Labute approximate surface area is 153 Å². The van der Waals surface area contributed by atoms with Gasteiger partial charge in [-0.15, -0.1) is 0 Å². The van der Waals surface area contributed by atoms with Gasteiger partial charge in [-0.2, -0.15) is 18.3 Å². The highest BCUT2D eigenvalue weighted by atomic mass is 19.4. The molecule has 9 heteroatoms. The lowest BCUT2D eigenvalue weighted by Gasteiger charge is -2.32. The van der Waals surface area contributed by atoms with E-state index in [0.29, 0.717) is 31.5 Å². The smallest absolute Gasteiger partial charge is 0.416 e. The summed E-state index contributed by atoms with van der Waals surface area (Å²) in [5.74, 6) is -1.18. The Morgan fingerprint density at radius 2 is 1.78 bits per heavy atom. The van der Waals surface area contributed by atoms with Crippen molar-refractivity contribution in [2.24, 2.45) is 0 Å². The molecule has 0 saturated carbocycles. The largest absolute Gasteiger partial charge is 0.478 e. The van der Waals surface area contributed by atoms with Crippen molar-refractivity contribution in [3.8, 4) is 0 Å². The molecule has 1 aromatic carbocycles. The third-order valence-electron chi connectivity index (χ3n) is 4.68. The first-order chi connectivity index (χ1) is 12.7. The van der Waals surface area contributed by atoms with E-state index in [0.717, 1.165) is 12.1 Å². The van der Waals surface area contributed by atoms with Gasteiger partial charge in [0.05, 0.1) is 29.8 Å².